The van der Waals surface area contributed by atoms with E-state index in [1.54, 1.807) is 18.3 Å². The molecule has 0 bridgehead atoms. The molecule has 0 spiro atoms. The van der Waals surface area contributed by atoms with Crippen molar-refractivity contribution in [1.29, 1.82) is 0 Å². The molecule has 0 N–H and O–H groups in total. The summed E-state index contributed by atoms with van der Waals surface area (Å²) in [6.45, 7) is 16.8. The van der Waals surface area contributed by atoms with Gasteiger partial charge in [0.2, 0.25) is 0 Å². The number of aromatic nitrogens is 2. The first kappa shape index (κ1) is 37.1. The van der Waals surface area contributed by atoms with E-state index in [0.29, 0.717) is 34.6 Å². The summed E-state index contributed by atoms with van der Waals surface area (Å²) in [5.41, 5.74) is 6.06. The summed E-state index contributed by atoms with van der Waals surface area (Å²) in [5, 5.41) is 5.67. The summed E-state index contributed by atoms with van der Waals surface area (Å²) < 4.78 is 34.0. The molecule has 1 aliphatic carbocycles. The van der Waals surface area contributed by atoms with Gasteiger partial charge in [0.25, 0.3) is 0 Å². The topological polar surface area (TPSA) is 69.1 Å². The van der Waals surface area contributed by atoms with E-state index in [4.69, 9.17) is 25.8 Å². The summed E-state index contributed by atoms with van der Waals surface area (Å²) >= 11 is 6.22. The molecule has 11 heteroatoms. The second kappa shape index (κ2) is 15.5. The van der Waals surface area contributed by atoms with E-state index in [1.807, 2.05) is 24.3 Å². The van der Waals surface area contributed by atoms with Crippen molar-refractivity contribution < 1.29 is 23.4 Å². The van der Waals surface area contributed by atoms with Gasteiger partial charge in [-0.15, -0.1) is 0 Å². The van der Waals surface area contributed by atoms with E-state index >= 15 is 4.39 Å². The van der Waals surface area contributed by atoms with E-state index < -0.39 is 19.9 Å². The number of rotatable bonds is 12. The van der Waals surface area contributed by atoms with E-state index in [1.165, 1.54) is 41.0 Å². The maximum absolute atomic E-state index is 15.1. The third-order valence-electron chi connectivity index (χ3n) is 10.0. The Morgan fingerprint density at radius 2 is 1.75 bits per heavy atom. The van der Waals surface area contributed by atoms with Crippen molar-refractivity contribution in [2.75, 3.05) is 51.3 Å². The van der Waals surface area contributed by atoms with Crippen molar-refractivity contribution in [1.82, 2.24) is 14.7 Å². The Bertz CT molecular complexity index is 1890. The number of carbonyl (C=O) groups excluding carboxylic acids is 1. The van der Waals surface area contributed by atoms with Crippen LogP contribution in [0.5, 0.6) is 11.5 Å². The fraction of sp³-hybridized carbons (Fsp3) is 0.450. The lowest BCUT2D eigenvalue weighted by atomic mass is 9.72. The quantitative estimate of drug-likeness (QED) is 0.0817. The van der Waals surface area contributed by atoms with Gasteiger partial charge in [0.1, 0.15) is 35.1 Å². The number of fused-ring (bicyclic) bond motifs is 1. The normalized spacial score (nSPS) is 16.9. The highest BCUT2D eigenvalue weighted by Gasteiger charge is 2.30. The molecular weight excluding hydrogens is 683 g/mol. The molecule has 1 aromatic heterocycles. The molecule has 1 saturated heterocycles. The van der Waals surface area contributed by atoms with Gasteiger partial charge in [-0.25, -0.2) is 13.9 Å². The number of anilines is 1. The summed E-state index contributed by atoms with van der Waals surface area (Å²) in [4.78, 5) is 17.7. The smallest absolute Gasteiger partial charge is 0.341 e. The van der Waals surface area contributed by atoms with Gasteiger partial charge in [0, 0.05) is 64.2 Å². The van der Waals surface area contributed by atoms with Gasteiger partial charge in [-0.2, -0.15) is 5.10 Å². The predicted molar refractivity (Wildman–Crippen MR) is 206 cm³/mol. The number of carbonyl (C=O) groups is 1. The van der Waals surface area contributed by atoms with Crippen LogP contribution >= 0.6 is 11.6 Å². The van der Waals surface area contributed by atoms with Gasteiger partial charge in [-0.1, -0.05) is 62.8 Å². The molecule has 6 rings (SSSR count). The third-order valence-corrected chi connectivity index (χ3v) is 12.0. The van der Waals surface area contributed by atoms with Gasteiger partial charge < -0.3 is 19.1 Å². The van der Waals surface area contributed by atoms with Crippen LogP contribution in [0.4, 0.5) is 10.1 Å². The van der Waals surface area contributed by atoms with Gasteiger partial charge in [-0.3, -0.25) is 4.90 Å². The van der Waals surface area contributed by atoms with Gasteiger partial charge >= 0.3 is 5.97 Å². The standard InChI is InChI=1S/C40H50ClFN4O4Si/c1-40(2)16-15-29(33(24-40)28-7-9-30(41)10-8-28)26-44-17-19-45(20-18-44)31-11-12-32(39(47)48-3)37(23-31)50-36-14-13-35(42)38-34(36)25-43-46(38)27-49-21-22-51(4,5)6/h7-14,23,25H,15-22,24,26-27H2,1-6H3. The Morgan fingerprint density at radius 1 is 1.00 bits per heavy atom. The molecule has 1 aliphatic heterocycles. The number of allylic oxidation sites excluding steroid dienone is 1. The summed E-state index contributed by atoms with van der Waals surface area (Å²) in [7, 11) is 0.0876. The molecule has 272 valence electrons. The molecule has 0 amide bonds. The lowest BCUT2D eigenvalue weighted by molar-refractivity contribution is 0.0598. The van der Waals surface area contributed by atoms with Crippen LogP contribution in [0.3, 0.4) is 0 Å². The van der Waals surface area contributed by atoms with Crippen LogP contribution in [0.25, 0.3) is 16.5 Å². The fourth-order valence-corrected chi connectivity index (χ4v) is 7.82. The number of benzene rings is 3. The minimum absolute atomic E-state index is 0.140. The minimum Gasteiger partial charge on any atom is -0.465 e. The maximum Gasteiger partial charge on any atom is 0.341 e. The highest BCUT2D eigenvalue weighted by Crippen LogP contribution is 2.43. The highest BCUT2D eigenvalue weighted by molar-refractivity contribution is 6.76. The SMILES string of the molecule is COC(=O)c1ccc(N2CCN(CC3=C(c4ccc(Cl)cc4)CC(C)(C)CC3)CC2)cc1Oc1ccc(F)c2c1cnn2COCC[Si](C)(C)C. The largest absolute Gasteiger partial charge is 0.465 e. The van der Waals surface area contributed by atoms with Crippen LogP contribution in [0.2, 0.25) is 30.7 Å². The lowest BCUT2D eigenvalue weighted by Crippen LogP contribution is -2.47. The molecule has 0 radical (unpaired) electrons. The predicted octanol–water partition coefficient (Wildman–Crippen LogP) is 9.51. The average molecular weight is 733 g/mol. The molecular formula is C40H50ClFN4O4Si. The molecule has 3 aromatic carbocycles. The number of methoxy groups -OCH3 is 1. The first-order valence-electron chi connectivity index (χ1n) is 17.9. The number of hydrogen-bond donors (Lipinski definition) is 0. The molecule has 0 unspecified atom stereocenters. The van der Waals surface area contributed by atoms with Gasteiger partial charge in [0.05, 0.1) is 18.7 Å². The first-order valence-corrected chi connectivity index (χ1v) is 21.9. The molecule has 2 aliphatic rings. The Balaban J connectivity index is 1.18. The van der Waals surface area contributed by atoms with Crippen LogP contribution in [0.15, 0.2) is 66.4 Å². The molecule has 0 saturated carbocycles. The molecule has 4 aromatic rings. The van der Waals surface area contributed by atoms with Gasteiger partial charge in [-0.05, 0) is 78.3 Å². The summed E-state index contributed by atoms with van der Waals surface area (Å²) in [6.07, 6.45) is 4.93. The first-order chi connectivity index (χ1) is 24.3. The van der Waals surface area contributed by atoms with Crippen molar-refractivity contribution >= 4 is 47.8 Å². The lowest BCUT2D eigenvalue weighted by Gasteiger charge is -2.39. The number of piperazine rings is 1. The third kappa shape index (κ3) is 9.03. The zero-order valence-electron chi connectivity index (χ0n) is 30.7. The Labute approximate surface area is 307 Å². The van der Waals surface area contributed by atoms with Crippen LogP contribution in [-0.2, 0) is 16.2 Å². The van der Waals surface area contributed by atoms with E-state index in [0.717, 1.165) is 62.3 Å². The Kier molecular flexibility index (Phi) is 11.3. The maximum atomic E-state index is 15.1. The van der Waals surface area contributed by atoms with Crippen LogP contribution in [0, 0.1) is 11.2 Å². The Morgan fingerprint density at radius 3 is 2.45 bits per heavy atom. The highest BCUT2D eigenvalue weighted by atomic mass is 35.5. The number of esters is 1. The van der Waals surface area contributed by atoms with E-state index in [9.17, 15) is 4.79 Å². The number of ether oxygens (including phenoxy) is 3. The fourth-order valence-electron chi connectivity index (χ4n) is 6.94. The zero-order chi connectivity index (χ0) is 36.3. The van der Waals surface area contributed by atoms with Gasteiger partial charge in [0.15, 0.2) is 0 Å². The molecule has 8 nitrogen and oxygen atoms in total. The van der Waals surface area contributed by atoms with Crippen LogP contribution in [-0.4, -0.2) is 75.2 Å². The molecule has 0 atom stereocenters. The molecule has 2 heterocycles. The minimum atomic E-state index is -1.26. The zero-order valence-corrected chi connectivity index (χ0v) is 32.5. The molecule has 51 heavy (non-hydrogen) atoms. The second-order valence-electron chi connectivity index (χ2n) is 15.8. The van der Waals surface area contributed by atoms with Crippen molar-refractivity contribution in [3.63, 3.8) is 0 Å². The molecule has 1 fully saturated rings. The Hall–Kier alpha value is -3.70. The summed E-state index contributed by atoms with van der Waals surface area (Å²) in [5.74, 6) is -0.188. The summed E-state index contributed by atoms with van der Waals surface area (Å²) in [6, 6.07) is 17.8. The van der Waals surface area contributed by atoms with Crippen molar-refractivity contribution in [2.45, 2.75) is 65.5 Å². The van der Waals surface area contributed by atoms with E-state index in [2.05, 4.69) is 60.5 Å². The van der Waals surface area contributed by atoms with Crippen molar-refractivity contribution in [2.24, 2.45) is 5.41 Å². The van der Waals surface area contributed by atoms with E-state index in [-0.39, 0.29) is 12.1 Å². The number of nitrogens with zero attached hydrogens (tertiary/aromatic N) is 4. The van der Waals surface area contributed by atoms with Crippen LogP contribution in [0.1, 0.15) is 49.0 Å². The number of halogens is 2. The van der Waals surface area contributed by atoms with Crippen LogP contribution < -0.4 is 9.64 Å². The monoisotopic (exact) mass is 732 g/mol. The average Bonchev–Trinajstić information content (AvgIpc) is 3.54. The second-order valence-corrected chi connectivity index (χ2v) is 21.8. The van der Waals surface area contributed by atoms with Crippen molar-refractivity contribution in [3.8, 4) is 11.5 Å². The van der Waals surface area contributed by atoms with Crippen molar-refractivity contribution in [3.05, 3.63) is 88.3 Å². The number of hydrogen-bond acceptors (Lipinski definition) is 7.